The van der Waals surface area contributed by atoms with Crippen LogP contribution in [-0.4, -0.2) is 46.7 Å². The maximum absolute atomic E-state index is 13.1. The van der Waals surface area contributed by atoms with Crippen LogP contribution in [0.2, 0.25) is 0 Å². The Morgan fingerprint density at radius 3 is 2.76 bits per heavy atom. The standard InChI is InChI=1S/C27H36N4O2S/c1-3-21(32)10-5-4-6-11-22(30-27(33)19-13-15-31(2)16-14-19)26-28-18-23(29-26)25-17-20-9-7-8-12-24(20)34-25/h7-9,12,17-19,22H,3-6,10-11,13-16H2,1-2H3,(H,28,29)(H,30,33)/t22-/m0/s1. The maximum atomic E-state index is 13.1. The largest absolute Gasteiger partial charge is 0.346 e. The average Bonchev–Trinajstić information content (AvgIpc) is 3.50. The summed E-state index contributed by atoms with van der Waals surface area (Å²) in [7, 11) is 2.11. The molecule has 1 saturated heterocycles. The van der Waals surface area contributed by atoms with Crippen LogP contribution in [0.25, 0.3) is 20.7 Å². The number of rotatable bonds is 11. The number of carbonyl (C=O) groups excluding carboxylic acids is 2. The van der Waals surface area contributed by atoms with Gasteiger partial charge in [0, 0.05) is 23.5 Å². The van der Waals surface area contributed by atoms with E-state index in [4.69, 9.17) is 0 Å². The lowest BCUT2D eigenvalue weighted by atomic mass is 9.95. The van der Waals surface area contributed by atoms with Gasteiger partial charge in [0.05, 0.1) is 22.8 Å². The number of hydrogen-bond donors (Lipinski definition) is 2. The highest BCUT2D eigenvalue weighted by molar-refractivity contribution is 7.22. The summed E-state index contributed by atoms with van der Waals surface area (Å²) in [6.07, 6.45) is 8.62. The number of fused-ring (bicyclic) bond motifs is 1. The first kappa shape index (κ1) is 24.6. The van der Waals surface area contributed by atoms with E-state index in [1.54, 1.807) is 11.3 Å². The van der Waals surface area contributed by atoms with Gasteiger partial charge in [0.25, 0.3) is 0 Å². The number of aromatic amines is 1. The van der Waals surface area contributed by atoms with Crippen molar-refractivity contribution >= 4 is 33.1 Å². The second-order valence-corrected chi connectivity index (χ2v) is 10.5. The van der Waals surface area contributed by atoms with Crippen LogP contribution < -0.4 is 5.32 Å². The van der Waals surface area contributed by atoms with Crippen LogP contribution in [-0.2, 0) is 9.59 Å². The van der Waals surface area contributed by atoms with Gasteiger partial charge in [0.1, 0.15) is 11.6 Å². The first-order valence-corrected chi connectivity index (χ1v) is 13.4. The molecular weight excluding hydrogens is 444 g/mol. The van der Waals surface area contributed by atoms with Crippen molar-refractivity contribution in [2.45, 2.75) is 64.3 Å². The summed E-state index contributed by atoms with van der Waals surface area (Å²) < 4.78 is 1.25. The SMILES string of the molecule is CCC(=O)CCCCC[C@H](NC(=O)C1CCN(C)CC1)c1ncc(-c2cc3ccccc3s2)[nH]1. The lowest BCUT2D eigenvalue weighted by molar-refractivity contribution is -0.127. The Morgan fingerprint density at radius 2 is 2.00 bits per heavy atom. The second-order valence-electron chi connectivity index (χ2n) is 9.46. The lowest BCUT2D eigenvalue weighted by Crippen LogP contribution is -2.40. The van der Waals surface area contributed by atoms with Crippen LogP contribution in [0.15, 0.2) is 36.5 Å². The molecule has 6 nitrogen and oxygen atoms in total. The highest BCUT2D eigenvalue weighted by Crippen LogP contribution is 2.33. The van der Waals surface area contributed by atoms with Crippen LogP contribution in [0, 0.1) is 5.92 Å². The van der Waals surface area contributed by atoms with E-state index in [0.717, 1.165) is 68.0 Å². The number of unbranched alkanes of at least 4 members (excludes halogenated alkanes) is 2. The first-order chi connectivity index (χ1) is 16.5. The number of thiophene rings is 1. The molecule has 1 aromatic carbocycles. The molecule has 1 fully saturated rings. The number of nitrogens with one attached hydrogen (secondary N) is 2. The van der Waals surface area contributed by atoms with Crippen LogP contribution in [0.1, 0.15) is 70.2 Å². The molecule has 2 N–H and O–H groups in total. The fourth-order valence-electron chi connectivity index (χ4n) is 4.62. The van der Waals surface area contributed by atoms with E-state index in [9.17, 15) is 9.59 Å². The number of benzene rings is 1. The van der Waals surface area contributed by atoms with Gasteiger partial charge in [-0.25, -0.2) is 4.98 Å². The van der Waals surface area contributed by atoms with Gasteiger partial charge >= 0.3 is 0 Å². The zero-order chi connectivity index (χ0) is 23.9. The van der Waals surface area contributed by atoms with E-state index in [1.165, 1.54) is 10.1 Å². The van der Waals surface area contributed by atoms with E-state index in [2.05, 4.69) is 57.6 Å². The summed E-state index contributed by atoms with van der Waals surface area (Å²) in [6.45, 7) is 3.85. The minimum absolute atomic E-state index is 0.0675. The highest BCUT2D eigenvalue weighted by Gasteiger charge is 2.26. The molecule has 0 radical (unpaired) electrons. The van der Waals surface area contributed by atoms with Gasteiger partial charge in [0.2, 0.25) is 5.91 Å². The third-order valence-electron chi connectivity index (χ3n) is 6.87. The molecule has 3 aromatic rings. The monoisotopic (exact) mass is 480 g/mol. The third kappa shape index (κ3) is 6.33. The predicted octanol–water partition coefficient (Wildman–Crippen LogP) is 5.72. The zero-order valence-corrected chi connectivity index (χ0v) is 21.1. The molecule has 1 aliphatic heterocycles. The number of imidazole rings is 1. The smallest absolute Gasteiger partial charge is 0.223 e. The number of H-pyrrole nitrogens is 1. The Kier molecular flexibility index (Phi) is 8.51. The summed E-state index contributed by atoms with van der Waals surface area (Å²) in [5.41, 5.74) is 0.989. The van der Waals surface area contributed by atoms with E-state index in [0.29, 0.717) is 18.6 Å². The number of piperidine rings is 1. The summed E-state index contributed by atoms with van der Waals surface area (Å²) >= 11 is 1.75. The van der Waals surface area contributed by atoms with Crippen LogP contribution in [0.4, 0.5) is 0 Å². The molecule has 7 heteroatoms. The molecule has 0 spiro atoms. The molecule has 4 rings (SSSR count). The van der Waals surface area contributed by atoms with E-state index in [-0.39, 0.29) is 17.9 Å². The first-order valence-electron chi connectivity index (χ1n) is 12.6. The summed E-state index contributed by atoms with van der Waals surface area (Å²) in [5.74, 6) is 1.35. The fourth-order valence-corrected chi connectivity index (χ4v) is 5.64. The molecule has 0 unspecified atom stereocenters. The van der Waals surface area contributed by atoms with Crippen molar-refractivity contribution in [1.82, 2.24) is 20.2 Å². The molecule has 3 heterocycles. The highest BCUT2D eigenvalue weighted by atomic mass is 32.1. The second kappa shape index (κ2) is 11.8. The predicted molar refractivity (Wildman–Crippen MR) is 139 cm³/mol. The van der Waals surface area contributed by atoms with Crippen LogP contribution in [0.3, 0.4) is 0 Å². The number of Topliss-reactive ketones (excluding diaryl/α,β-unsaturated/α-hetero) is 1. The zero-order valence-electron chi connectivity index (χ0n) is 20.3. The molecule has 182 valence electrons. The molecule has 1 aliphatic rings. The van der Waals surface area contributed by atoms with E-state index >= 15 is 0 Å². The average molecular weight is 481 g/mol. The van der Waals surface area contributed by atoms with Crippen LogP contribution >= 0.6 is 11.3 Å². The third-order valence-corrected chi connectivity index (χ3v) is 8.01. The number of likely N-dealkylation sites (tertiary alicyclic amines) is 1. The Balaban J connectivity index is 1.44. The quantitative estimate of drug-likeness (QED) is 0.344. The van der Waals surface area contributed by atoms with Gasteiger partial charge in [-0.15, -0.1) is 11.3 Å². The number of amides is 1. The summed E-state index contributed by atoms with van der Waals surface area (Å²) in [5, 5.41) is 4.53. The number of ketones is 1. The number of hydrogen-bond acceptors (Lipinski definition) is 5. The van der Waals surface area contributed by atoms with Gasteiger partial charge in [-0.2, -0.15) is 0 Å². The van der Waals surface area contributed by atoms with Crippen molar-refractivity contribution < 1.29 is 9.59 Å². The van der Waals surface area contributed by atoms with E-state index in [1.807, 2.05) is 13.1 Å². The Bertz CT molecular complexity index is 1060. The normalized spacial score (nSPS) is 16.1. The maximum Gasteiger partial charge on any atom is 0.223 e. The molecular formula is C27H36N4O2S. The fraction of sp³-hybridized carbons (Fsp3) is 0.519. The van der Waals surface area contributed by atoms with Crippen molar-refractivity contribution in [2.75, 3.05) is 20.1 Å². The molecule has 1 atom stereocenters. The van der Waals surface area contributed by atoms with Crippen molar-refractivity contribution in [3.8, 4) is 10.6 Å². The summed E-state index contributed by atoms with van der Waals surface area (Å²) in [6, 6.07) is 10.4. The summed E-state index contributed by atoms with van der Waals surface area (Å²) in [4.78, 5) is 36.3. The van der Waals surface area contributed by atoms with Gasteiger partial charge in [0.15, 0.2) is 0 Å². The Hall–Kier alpha value is -2.51. The van der Waals surface area contributed by atoms with E-state index < -0.39 is 0 Å². The van der Waals surface area contributed by atoms with Crippen LogP contribution in [0.5, 0.6) is 0 Å². The van der Waals surface area contributed by atoms with Gasteiger partial charge < -0.3 is 15.2 Å². The minimum atomic E-state index is -0.142. The molecule has 2 aromatic heterocycles. The lowest BCUT2D eigenvalue weighted by Gasteiger charge is -2.29. The Morgan fingerprint density at radius 1 is 1.21 bits per heavy atom. The molecule has 34 heavy (non-hydrogen) atoms. The van der Waals surface area contributed by atoms with Crippen molar-refractivity contribution in [3.05, 3.63) is 42.4 Å². The molecule has 0 aliphatic carbocycles. The number of carbonyl (C=O) groups is 2. The molecule has 1 amide bonds. The topological polar surface area (TPSA) is 78.1 Å². The van der Waals surface area contributed by atoms with Gasteiger partial charge in [-0.05, 0) is 63.3 Å². The van der Waals surface area contributed by atoms with Gasteiger partial charge in [-0.1, -0.05) is 38.0 Å². The van der Waals surface area contributed by atoms with Crippen molar-refractivity contribution in [2.24, 2.45) is 5.92 Å². The Labute approximate surface area is 206 Å². The molecule has 0 saturated carbocycles. The minimum Gasteiger partial charge on any atom is -0.346 e. The van der Waals surface area contributed by atoms with Crippen molar-refractivity contribution in [3.63, 3.8) is 0 Å². The van der Waals surface area contributed by atoms with Gasteiger partial charge in [-0.3, -0.25) is 9.59 Å². The van der Waals surface area contributed by atoms with Crippen molar-refractivity contribution in [1.29, 1.82) is 0 Å². The number of aromatic nitrogens is 2. The number of nitrogens with zero attached hydrogens (tertiary/aromatic N) is 2. The molecule has 0 bridgehead atoms.